The topological polar surface area (TPSA) is 53.7 Å². The Hall–Kier alpha value is -1.09. The highest BCUT2D eigenvalue weighted by atomic mass is 127. The fourth-order valence-electron chi connectivity index (χ4n) is 3.24. The summed E-state index contributed by atoms with van der Waals surface area (Å²) >= 11 is 1.63. The Kier molecular flexibility index (Phi) is 7.09. The lowest BCUT2D eigenvalue weighted by Crippen LogP contribution is -2.48. The molecule has 1 fully saturated rings. The first-order valence-corrected chi connectivity index (χ1v) is 8.97. The monoisotopic (exact) mass is 460 g/mol. The number of aromatic nitrogens is 1. The lowest BCUT2D eigenvalue weighted by molar-refractivity contribution is 0.208. The van der Waals surface area contributed by atoms with E-state index < -0.39 is 0 Å². The van der Waals surface area contributed by atoms with Crippen LogP contribution in [0.15, 0.2) is 33.2 Å². The second kappa shape index (κ2) is 8.84. The minimum absolute atomic E-state index is 0. The molecule has 5 nitrogen and oxygen atoms in total. The van der Waals surface area contributed by atoms with Gasteiger partial charge in [-0.15, -0.1) is 35.3 Å². The van der Waals surface area contributed by atoms with Crippen LogP contribution in [-0.4, -0.2) is 36.0 Å². The Balaban J connectivity index is 0.00000208. The smallest absolute Gasteiger partial charge is 0.236 e. The molecule has 0 aromatic carbocycles. The van der Waals surface area contributed by atoms with Crippen molar-refractivity contribution in [2.75, 3.05) is 20.1 Å². The molecule has 132 valence electrons. The van der Waals surface area contributed by atoms with Gasteiger partial charge in [0.1, 0.15) is 6.26 Å². The van der Waals surface area contributed by atoms with Crippen molar-refractivity contribution in [3.8, 4) is 10.8 Å². The first-order chi connectivity index (χ1) is 11.2. The molecule has 0 saturated carbocycles. The third-order valence-electron chi connectivity index (χ3n) is 4.09. The molecular formula is C17H25IN4OS. The van der Waals surface area contributed by atoms with Crippen LogP contribution >= 0.6 is 35.3 Å². The molecular weight excluding hydrogens is 435 g/mol. The van der Waals surface area contributed by atoms with Gasteiger partial charge in [0.2, 0.25) is 5.89 Å². The summed E-state index contributed by atoms with van der Waals surface area (Å²) in [6.07, 6.45) is 3.01. The van der Waals surface area contributed by atoms with E-state index in [0.29, 0.717) is 24.3 Å². The van der Waals surface area contributed by atoms with Gasteiger partial charge in [-0.25, -0.2) is 4.98 Å². The molecule has 0 aliphatic carbocycles. The molecule has 2 aromatic rings. The quantitative estimate of drug-likeness (QED) is 0.426. The van der Waals surface area contributed by atoms with Gasteiger partial charge in [-0.3, -0.25) is 4.99 Å². The molecule has 7 heteroatoms. The molecule has 0 spiro atoms. The number of rotatable bonds is 3. The number of nitrogens with one attached hydrogen (secondary N) is 1. The van der Waals surface area contributed by atoms with Crippen molar-refractivity contribution in [3.05, 3.63) is 29.5 Å². The number of piperidine rings is 1. The van der Waals surface area contributed by atoms with E-state index in [-0.39, 0.29) is 24.0 Å². The Bertz CT molecular complexity index is 645. The van der Waals surface area contributed by atoms with Crippen LogP contribution in [0.5, 0.6) is 0 Å². The van der Waals surface area contributed by atoms with Crippen LogP contribution in [-0.2, 0) is 6.54 Å². The van der Waals surface area contributed by atoms with Gasteiger partial charge in [-0.05, 0) is 29.7 Å². The van der Waals surface area contributed by atoms with Gasteiger partial charge in [-0.2, -0.15) is 0 Å². The number of nitrogens with zero attached hydrogens (tertiary/aromatic N) is 3. The van der Waals surface area contributed by atoms with E-state index >= 15 is 0 Å². The minimum Gasteiger partial charge on any atom is -0.443 e. The van der Waals surface area contributed by atoms with Crippen LogP contribution in [0.25, 0.3) is 10.8 Å². The van der Waals surface area contributed by atoms with Crippen molar-refractivity contribution in [2.24, 2.45) is 16.8 Å². The van der Waals surface area contributed by atoms with E-state index in [1.54, 1.807) is 17.6 Å². The van der Waals surface area contributed by atoms with Crippen LogP contribution in [0.1, 0.15) is 26.0 Å². The van der Waals surface area contributed by atoms with Crippen LogP contribution < -0.4 is 5.32 Å². The average molecular weight is 460 g/mol. The number of guanidine groups is 1. The number of aliphatic imine (C=N–C) groups is 1. The van der Waals surface area contributed by atoms with Crippen molar-refractivity contribution in [1.29, 1.82) is 0 Å². The molecule has 3 heterocycles. The van der Waals surface area contributed by atoms with Crippen molar-refractivity contribution < 1.29 is 4.42 Å². The lowest BCUT2D eigenvalue weighted by atomic mass is 9.92. The summed E-state index contributed by atoms with van der Waals surface area (Å²) in [7, 11) is 1.84. The van der Waals surface area contributed by atoms with Crippen molar-refractivity contribution in [1.82, 2.24) is 15.2 Å². The normalized spacial score (nSPS) is 21.5. The van der Waals surface area contributed by atoms with E-state index in [0.717, 1.165) is 29.6 Å². The Morgan fingerprint density at radius 3 is 2.79 bits per heavy atom. The highest BCUT2D eigenvalue weighted by Gasteiger charge is 2.24. The highest BCUT2D eigenvalue weighted by molar-refractivity contribution is 14.0. The first kappa shape index (κ1) is 19.2. The fraction of sp³-hybridized carbons (Fsp3) is 0.529. The van der Waals surface area contributed by atoms with Gasteiger partial charge < -0.3 is 14.6 Å². The Labute approximate surface area is 164 Å². The zero-order valence-corrected chi connectivity index (χ0v) is 17.5. The number of likely N-dealkylation sites (tertiary alicyclic amines) is 1. The van der Waals surface area contributed by atoms with E-state index in [2.05, 4.69) is 34.0 Å². The summed E-state index contributed by atoms with van der Waals surface area (Å²) in [5, 5.41) is 5.44. The van der Waals surface area contributed by atoms with Crippen molar-refractivity contribution in [2.45, 2.75) is 26.8 Å². The summed E-state index contributed by atoms with van der Waals surface area (Å²) < 4.78 is 5.56. The van der Waals surface area contributed by atoms with Gasteiger partial charge in [-0.1, -0.05) is 19.9 Å². The van der Waals surface area contributed by atoms with E-state index in [9.17, 15) is 0 Å². The van der Waals surface area contributed by atoms with Crippen molar-refractivity contribution in [3.63, 3.8) is 0 Å². The number of hydrogen-bond acceptors (Lipinski definition) is 4. The maximum absolute atomic E-state index is 5.56. The van der Waals surface area contributed by atoms with E-state index in [1.165, 1.54) is 6.42 Å². The Morgan fingerprint density at radius 2 is 2.17 bits per heavy atom. The van der Waals surface area contributed by atoms with E-state index in [1.807, 2.05) is 24.6 Å². The number of halogens is 1. The largest absolute Gasteiger partial charge is 0.443 e. The maximum atomic E-state index is 5.56. The molecule has 0 amide bonds. The van der Waals surface area contributed by atoms with Gasteiger partial charge in [0, 0.05) is 20.1 Å². The molecule has 0 bridgehead atoms. The summed E-state index contributed by atoms with van der Waals surface area (Å²) in [6, 6.07) is 4.02. The lowest BCUT2D eigenvalue weighted by Gasteiger charge is -2.37. The molecule has 24 heavy (non-hydrogen) atoms. The van der Waals surface area contributed by atoms with Crippen LogP contribution in [0.2, 0.25) is 0 Å². The van der Waals surface area contributed by atoms with Gasteiger partial charge >= 0.3 is 0 Å². The first-order valence-electron chi connectivity index (χ1n) is 8.09. The van der Waals surface area contributed by atoms with E-state index in [4.69, 9.17) is 4.42 Å². The van der Waals surface area contributed by atoms with Crippen molar-refractivity contribution >= 4 is 41.3 Å². The summed E-state index contributed by atoms with van der Waals surface area (Å²) in [4.78, 5) is 12.4. The molecule has 2 unspecified atom stereocenters. The zero-order chi connectivity index (χ0) is 16.2. The maximum Gasteiger partial charge on any atom is 0.236 e. The fourth-order valence-corrected chi connectivity index (χ4v) is 3.89. The van der Waals surface area contributed by atoms with Gasteiger partial charge in [0.15, 0.2) is 5.96 Å². The second-order valence-corrected chi connectivity index (χ2v) is 7.32. The summed E-state index contributed by atoms with van der Waals surface area (Å²) in [6.45, 7) is 7.36. The molecule has 3 rings (SSSR count). The molecule has 1 N–H and O–H groups in total. The summed E-state index contributed by atoms with van der Waals surface area (Å²) in [5.41, 5.74) is 0.896. The number of oxazole rings is 1. The van der Waals surface area contributed by atoms with Gasteiger partial charge in [0.05, 0.1) is 17.1 Å². The molecule has 2 aromatic heterocycles. The number of hydrogen-bond donors (Lipinski definition) is 1. The predicted molar refractivity (Wildman–Crippen MR) is 110 cm³/mol. The zero-order valence-electron chi connectivity index (χ0n) is 14.4. The van der Waals surface area contributed by atoms with Crippen LogP contribution in [0, 0.1) is 11.8 Å². The molecule has 1 aliphatic rings. The SMILES string of the molecule is CN=C(NCc1coc(-c2cccs2)n1)N1CC(C)CC(C)C1.I. The highest BCUT2D eigenvalue weighted by Crippen LogP contribution is 2.24. The summed E-state index contributed by atoms with van der Waals surface area (Å²) in [5.74, 6) is 3.04. The third kappa shape index (κ3) is 4.72. The third-order valence-corrected chi connectivity index (χ3v) is 4.95. The minimum atomic E-state index is 0. The Morgan fingerprint density at radius 1 is 1.42 bits per heavy atom. The van der Waals surface area contributed by atoms with Crippen LogP contribution in [0.4, 0.5) is 0 Å². The standard InChI is InChI=1S/C17H24N4OS.HI/c1-12-7-13(2)10-21(9-12)17(18-3)19-8-14-11-22-16(20-14)15-5-4-6-23-15;/h4-6,11-13H,7-10H2,1-3H3,(H,18,19);1H. The average Bonchev–Trinajstić information content (AvgIpc) is 3.18. The predicted octanol–water partition coefficient (Wildman–Crippen LogP) is 4.07. The number of thiophene rings is 1. The molecule has 2 atom stereocenters. The second-order valence-electron chi connectivity index (χ2n) is 6.37. The van der Waals surface area contributed by atoms with Gasteiger partial charge in [0.25, 0.3) is 0 Å². The molecule has 1 saturated heterocycles. The molecule has 0 radical (unpaired) electrons. The van der Waals surface area contributed by atoms with Crippen LogP contribution in [0.3, 0.4) is 0 Å². The molecule has 1 aliphatic heterocycles.